The van der Waals surface area contributed by atoms with Gasteiger partial charge in [0.25, 0.3) is 0 Å². The van der Waals surface area contributed by atoms with E-state index in [1.807, 2.05) is 13.8 Å². The van der Waals surface area contributed by atoms with E-state index in [-0.39, 0.29) is 11.7 Å². The molecular weight excluding hydrogens is 385 g/mol. The number of halogens is 1. The predicted molar refractivity (Wildman–Crippen MR) is 113 cm³/mol. The van der Waals surface area contributed by atoms with E-state index in [9.17, 15) is 14.6 Å². The Balaban J connectivity index is 1.76. The lowest BCUT2D eigenvalue weighted by molar-refractivity contribution is 0.0188. The highest BCUT2D eigenvalue weighted by atomic mass is 19.1. The number of hydrogen-bond acceptors (Lipinski definition) is 6. The topological polar surface area (TPSA) is 87.5 Å². The number of anilines is 1. The molecule has 0 amide bonds. The van der Waals surface area contributed by atoms with Crippen LogP contribution >= 0.6 is 0 Å². The van der Waals surface area contributed by atoms with E-state index in [2.05, 4.69) is 15.3 Å². The summed E-state index contributed by atoms with van der Waals surface area (Å²) >= 11 is 0. The van der Waals surface area contributed by atoms with E-state index in [1.54, 1.807) is 48.8 Å². The number of nitrogens with one attached hydrogen (secondary N) is 1. The molecule has 3 aromatic rings. The van der Waals surface area contributed by atoms with Crippen molar-refractivity contribution in [3.63, 3.8) is 0 Å². The first-order valence-electron chi connectivity index (χ1n) is 9.81. The summed E-state index contributed by atoms with van der Waals surface area (Å²) < 4.78 is 18.7. The summed E-state index contributed by atoms with van der Waals surface area (Å²) in [6.07, 6.45) is 1.32. The van der Waals surface area contributed by atoms with Gasteiger partial charge in [0.15, 0.2) is 0 Å². The van der Waals surface area contributed by atoms with Crippen LogP contribution < -0.4 is 10.1 Å². The zero-order chi connectivity index (χ0) is 21.7. The van der Waals surface area contributed by atoms with Crippen molar-refractivity contribution in [2.75, 3.05) is 5.32 Å². The zero-order valence-corrected chi connectivity index (χ0v) is 17.2. The highest BCUT2D eigenvalue weighted by Gasteiger charge is 2.26. The van der Waals surface area contributed by atoms with Crippen molar-refractivity contribution in [1.82, 2.24) is 9.97 Å². The van der Waals surface area contributed by atoms with E-state index in [4.69, 9.17) is 4.74 Å². The molecular formula is C23H26FN3O3. The van der Waals surface area contributed by atoms with E-state index >= 15 is 0 Å². The molecule has 3 atom stereocenters. The third kappa shape index (κ3) is 5.52. The van der Waals surface area contributed by atoms with Gasteiger partial charge in [-0.3, -0.25) is 0 Å². The third-order valence-electron chi connectivity index (χ3n) is 4.63. The van der Waals surface area contributed by atoms with Crippen molar-refractivity contribution < 1.29 is 19.3 Å². The van der Waals surface area contributed by atoms with Gasteiger partial charge in [-0.2, -0.15) is 0 Å². The molecule has 3 N–H and O–H groups in total. The number of ether oxygens (including phenoxy) is 1. The van der Waals surface area contributed by atoms with Gasteiger partial charge < -0.3 is 20.3 Å². The Bertz CT molecular complexity index is 929. The average molecular weight is 411 g/mol. The minimum Gasteiger partial charge on any atom is -0.457 e. The number of rotatable bonds is 8. The fraction of sp³-hybridized carbons (Fsp3) is 0.304. The number of nitrogens with zero attached hydrogens (tertiary/aromatic N) is 2. The van der Waals surface area contributed by atoms with Gasteiger partial charge in [0.1, 0.15) is 29.2 Å². The van der Waals surface area contributed by atoms with Crippen molar-refractivity contribution in [2.45, 2.75) is 44.9 Å². The first-order chi connectivity index (χ1) is 14.3. The van der Waals surface area contributed by atoms with E-state index < -0.39 is 18.2 Å². The van der Waals surface area contributed by atoms with Crippen LogP contribution in [0.5, 0.6) is 11.5 Å². The summed E-state index contributed by atoms with van der Waals surface area (Å²) in [6, 6.07) is 12.3. The molecule has 0 radical (unpaired) electrons. The van der Waals surface area contributed by atoms with E-state index in [0.717, 1.165) is 5.69 Å². The minimum atomic E-state index is -1.06. The van der Waals surface area contributed by atoms with Crippen LogP contribution in [0.15, 0.2) is 60.9 Å². The van der Waals surface area contributed by atoms with Crippen LogP contribution in [0.4, 0.5) is 10.1 Å². The molecule has 0 saturated carbocycles. The van der Waals surface area contributed by atoms with Crippen LogP contribution in [-0.4, -0.2) is 32.4 Å². The molecule has 1 heterocycles. The second-order valence-corrected chi connectivity index (χ2v) is 7.46. The summed E-state index contributed by atoms with van der Waals surface area (Å²) in [4.78, 5) is 8.72. The summed E-state index contributed by atoms with van der Waals surface area (Å²) in [7, 11) is 0. The molecule has 0 bridgehead atoms. The van der Waals surface area contributed by atoms with Crippen molar-refractivity contribution in [3.8, 4) is 11.5 Å². The minimum absolute atomic E-state index is 0.195. The Morgan fingerprint density at radius 3 is 1.90 bits per heavy atom. The van der Waals surface area contributed by atoms with Gasteiger partial charge in [-0.05, 0) is 55.5 Å². The number of hydrogen-bond donors (Lipinski definition) is 3. The Labute approximate surface area is 175 Å². The standard InChI is InChI=1S/C23H26FN3O3/c1-14(2)23-25-12-16(13-26-23)21(22(29)15(3)28)27-18-6-10-20(11-7-18)30-19-8-4-17(24)5-9-19/h4-15,21-22,27-29H,1-3H3/t15-,21+,22+/m0/s1. The van der Waals surface area contributed by atoms with Crippen LogP contribution in [0, 0.1) is 5.82 Å². The SMILES string of the molecule is CC(C)c1ncc([C@@H](Nc2ccc(Oc3ccc(F)cc3)cc2)[C@H](O)[C@H](C)O)cn1. The monoisotopic (exact) mass is 411 g/mol. The molecule has 0 unspecified atom stereocenters. The lowest BCUT2D eigenvalue weighted by atomic mass is 10.00. The highest BCUT2D eigenvalue weighted by Crippen LogP contribution is 2.27. The predicted octanol–water partition coefficient (Wildman–Crippen LogP) is 4.43. The quantitative estimate of drug-likeness (QED) is 0.508. The Morgan fingerprint density at radius 1 is 0.867 bits per heavy atom. The third-order valence-corrected chi connectivity index (χ3v) is 4.63. The first-order valence-corrected chi connectivity index (χ1v) is 9.81. The lowest BCUT2D eigenvalue weighted by Gasteiger charge is -2.27. The van der Waals surface area contributed by atoms with E-state index in [1.165, 1.54) is 19.1 Å². The van der Waals surface area contributed by atoms with Gasteiger partial charge in [0.2, 0.25) is 0 Å². The van der Waals surface area contributed by atoms with Gasteiger partial charge in [-0.15, -0.1) is 0 Å². The molecule has 6 nitrogen and oxygen atoms in total. The van der Waals surface area contributed by atoms with Gasteiger partial charge in [0, 0.05) is 29.6 Å². The molecule has 0 saturated heterocycles. The van der Waals surface area contributed by atoms with E-state index in [0.29, 0.717) is 22.9 Å². The molecule has 0 spiro atoms. The number of aromatic nitrogens is 2. The second kappa shape index (κ2) is 9.65. The van der Waals surface area contributed by atoms with Gasteiger partial charge in [0.05, 0.1) is 12.1 Å². The van der Waals surface area contributed by atoms with Gasteiger partial charge in [-0.25, -0.2) is 14.4 Å². The van der Waals surface area contributed by atoms with Crippen LogP contribution in [-0.2, 0) is 0 Å². The first kappa shape index (κ1) is 21.7. The number of aliphatic hydroxyl groups excluding tert-OH is 2. The summed E-state index contributed by atoms with van der Waals surface area (Å²) in [5.41, 5.74) is 1.39. The highest BCUT2D eigenvalue weighted by molar-refractivity contribution is 5.49. The normalized spacial score (nSPS) is 14.2. The van der Waals surface area contributed by atoms with Crippen LogP contribution in [0.2, 0.25) is 0 Å². The summed E-state index contributed by atoms with van der Waals surface area (Å²) in [6.45, 7) is 5.54. The zero-order valence-electron chi connectivity index (χ0n) is 17.2. The largest absolute Gasteiger partial charge is 0.457 e. The van der Waals surface area contributed by atoms with Crippen LogP contribution in [0.25, 0.3) is 0 Å². The maximum Gasteiger partial charge on any atom is 0.130 e. The van der Waals surface area contributed by atoms with Gasteiger partial charge in [-0.1, -0.05) is 13.8 Å². The molecule has 0 aliphatic rings. The molecule has 0 fully saturated rings. The van der Waals surface area contributed by atoms with Crippen molar-refractivity contribution in [2.24, 2.45) is 0 Å². The lowest BCUT2D eigenvalue weighted by Crippen LogP contribution is -2.34. The smallest absolute Gasteiger partial charge is 0.130 e. The summed E-state index contributed by atoms with van der Waals surface area (Å²) in [5.74, 6) is 1.70. The van der Waals surface area contributed by atoms with Crippen molar-refractivity contribution >= 4 is 5.69 Å². The van der Waals surface area contributed by atoms with Crippen molar-refractivity contribution in [1.29, 1.82) is 0 Å². The summed E-state index contributed by atoms with van der Waals surface area (Å²) in [5, 5.41) is 23.7. The second-order valence-electron chi connectivity index (χ2n) is 7.46. The number of aliphatic hydroxyl groups is 2. The average Bonchev–Trinajstić information content (AvgIpc) is 2.74. The maximum absolute atomic E-state index is 13.0. The number of benzene rings is 2. The molecule has 30 heavy (non-hydrogen) atoms. The van der Waals surface area contributed by atoms with Crippen LogP contribution in [0.1, 0.15) is 44.1 Å². The van der Waals surface area contributed by atoms with Crippen LogP contribution in [0.3, 0.4) is 0 Å². The Hall–Kier alpha value is -3.03. The molecule has 7 heteroatoms. The van der Waals surface area contributed by atoms with Crippen molar-refractivity contribution in [3.05, 3.63) is 78.1 Å². The fourth-order valence-electron chi connectivity index (χ4n) is 2.89. The molecule has 0 aliphatic heterocycles. The fourth-order valence-corrected chi connectivity index (χ4v) is 2.89. The van der Waals surface area contributed by atoms with Gasteiger partial charge >= 0.3 is 0 Å². The Kier molecular flexibility index (Phi) is 6.97. The maximum atomic E-state index is 13.0. The Morgan fingerprint density at radius 2 is 1.40 bits per heavy atom. The molecule has 2 aromatic carbocycles. The molecule has 3 rings (SSSR count). The molecule has 0 aliphatic carbocycles. The molecule has 158 valence electrons. The molecule has 1 aromatic heterocycles.